The number of pyridine rings is 1. The molecule has 0 bridgehead atoms. The molecule has 108 valence electrons. The molecule has 0 saturated heterocycles. The van der Waals surface area contributed by atoms with Gasteiger partial charge in [-0.2, -0.15) is 5.10 Å². The van der Waals surface area contributed by atoms with Gasteiger partial charge in [0.1, 0.15) is 0 Å². The minimum atomic E-state index is 0.270. The van der Waals surface area contributed by atoms with Crippen molar-refractivity contribution in [2.24, 2.45) is 7.05 Å². The van der Waals surface area contributed by atoms with Crippen LogP contribution < -0.4 is 5.32 Å². The molecule has 4 nitrogen and oxygen atoms in total. The van der Waals surface area contributed by atoms with Crippen LogP contribution in [-0.4, -0.2) is 21.3 Å². The molecule has 3 aromatic rings. The van der Waals surface area contributed by atoms with Gasteiger partial charge in [-0.25, -0.2) is 0 Å². The molecule has 0 saturated carbocycles. The quantitative estimate of drug-likeness (QED) is 0.781. The fourth-order valence-corrected chi connectivity index (χ4v) is 2.77. The Labute approximate surface area is 124 Å². The minimum Gasteiger partial charge on any atom is -0.310 e. The molecule has 4 heteroatoms. The van der Waals surface area contributed by atoms with Gasteiger partial charge in [0.05, 0.1) is 11.7 Å². The van der Waals surface area contributed by atoms with Crippen molar-refractivity contribution in [2.45, 2.75) is 19.4 Å². The second kappa shape index (κ2) is 6.06. The Bertz CT molecular complexity index is 727. The SMILES string of the molecule is CCNC(Cc1cnn(C)c1)c1ccnc2ccccc12. The highest BCUT2D eigenvalue weighted by molar-refractivity contribution is 5.82. The highest BCUT2D eigenvalue weighted by atomic mass is 15.2. The molecule has 21 heavy (non-hydrogen) atoms. The summed E-state index contributed by atoms with van der Waals surface area (Å²) in [6, 6.07) is 10.7. The van der Waals surface area contributed by atoms with Crippen LogP contribution in [0.1, 0.15) is 24.1 Å². The van der Waals surface area contributed by atoms with Gasteiger partial charge in [-0.05, 0) is 36.2 Å². The van der Waals surface area contributed by atoms with Gasteiger partial charge in [-0.15, -0.1) is 0 Å². The van der Waals surface area contributed by atoms with Crippen LogP contribution in [0.4, 0.5) is 0 Å². The molecule has 3 rings (SSSR count). The first kappa shape index (κ1) is 13.8. The van der Waals surface area contributed by atoms with Crippen LogP contribution >= 0.6 is 0 Å². The van der Waals surface area contributed by atoms with Crippen LogP contribution in [0, 0.1) is 0 Å². The number of aryl methyl sites for hydroxylation is 1. The summed E-state index contributed by atoms with van der Waals surface area (Å²) in [7, 11) is 1.95. The second-order valence-electron chi connectivity index (χ2n) is 5.25. The first-order chi connectivity index (χ1) is 10.3. The van der Waals surface area contributed by atoms with Gasteiger partial charge in [0.15, 0.2) is 0 Å². The summed E-state index contributed by atoms with van der Waals surface area (Å²) in [5.74, 6) is 0. The number of para-hydroxylation sites is 1. The third-order valence-electron chi connectivity index (χ3n) is 3.71. The summed E-state index contributed by atoms with van der Waals surface area (Å²) in [6.45, 7) is 3.07. The van der Waals surface area contributed by atoms with Crippen molar-refractivity contribution in [2.75, 3.05) is 6.54 Å². The van der Waals surface area contributed by atoms with Crippen LogP contribution in [0.5, 0.6) is 0 Å². The Balaban J connectivity index is 1.98. The predicted molar refractivity (Wildman–Crippen MR) is 85.1 cm³/mol. The first-order valence-corrected chi connectivity index (χ1v) is 7.32. The smallest absolute Gasteiger partial charge is 0.0705 e. The van der Waals surface area contributed by atoms with E-state index in [1.165, 1.54) is 16.5 Å². The van der Waals surface area contributed by atoms with Gasteiger partial charge in [-0.1, -0.05) is 25.1 Å². The van der Waals surface area contributed by atoms with Crippen molar-refractivity contribution >= 4 is 10.9 Å². The molecule has 0 radical (unpaired) electrons. The lowest BCUT2D eigenvalue weighted by Gasteiger charge is -2.19. The van der Waals surface area contributed by atoms with Crippen LogP contribution in [0.2, 0.25) is 0 Å². The van der Waals surface area contributed by atoms with E-state index in [9.17, 15) is 0 Å². The highest BCUT2D eigenvalue weighted by Crippen LogP contribution is 2.25. The van der Waals surface area contributed by atoms with E-state index < -0.39 is 0 Å². The molecule has 0 fully saturated rings. The minimum absolute atomic E-state index is 0.270. The fraction of sp³-hybridized carbons (Fsp3) is 0.294. The summed E-state index contributed by atoms with van der Waals surface area (Å²) in [5.41, 5.74) is 3.58. The number of aromatic nitrogens is 3. The van der Waals surface area contributed by atoms with E-state index in [0.29, 0.717) is 0 Å². The van der Waals surface area contributed by atoms with E-state index in [1.54, 1.807) is 0 Å². The predicted octanol–water partition coefficient (Wildman–Crippen LogP) is 2.86. The lowest BCUT2D eigenvalue weighted by atomic mass is 9.97. The number of rotatable bonds is 5. The number of likely N-dealkylation sites (N-methyl/N-ethyl adjacent to an activating group) is 1. The lowest BCUT2D eigenvalue weighted by molar-refractivity contribution is 0.553. The molecule has 0 spiro atoms. The maximum absolute atomic E-state index is 4.45. The van der Waals surface area contributed by atoms with E-state index in [1.807, 2.05) is 30.2 Å². The largest absolute Gasteiger partial charge is 0.310 e. The Morgan fingerprint density at radius 3 is 2.86 bits per heavy atom. The molecule has 1 N–H and O–H groups in total. The van der Waals surface area contributed by atoms with Crippen molar-refractivity contribution in [3.8, 4) is 0 Å². The number of benzene rings is 1. The third-order valence-corrected chi connectivity index (χ3v) is 3.71. The summed E-state index contributed by atoms with van der Waals surface area (Å²) >= 11 is 0. The van der Waals surface area contributed by atoms with Crippen LogP contribution in [0.15, 0.2) is 48.9 Å². The van der Waals surface area contributed by atoms with Crippen LogP contribution in [-0.2, 0) is 13.5 Å². The second-order valence-corrected chi connectivity index (χ2v) is 5.25. The standard InChI is InChI=1S/C17H20N4/c1-3-18-17(10-13-11-20-21(2)12-13)15-8-9-19-16-7-5-4-6-14(15)16/h4-9,11-12,17-18H,3,10H2,1-2H3. The van der Waals surface area contributed by atoms with Crippen molar-refractivity contribution in [1.82, 2.24) is 20.1 Å². The molecule has 1 atom stereocenters. The van der Waals surface area contributed by atoms with Crippen molar-refractivity contribution in [1.29, 1.82) is 0 Å². The summed E-state index contributed by atoms with van der Waals surface area (Å²) in [4.78, 5) is 4.45. The zero-order chi connectivity index (χ0) is 14.7. The Hall–Kier alpha value is -2.20. The molecule has 0 aliphatic carbocycles. The third kappa shape index (κ3) is 2.95. The maximum atomic E-state index is 4.45. The van der Waals surface area contributed by atoms with E-state index >= 15 is 0 Å². The monoisotopic (exact) mass is 280 g/mol. The van der Waals surface area contributed by atoms with E-state index in [2.05, 4.69) is 52.8 Å². The molecule has 2 heterocycles. The number of fused-ring (bicyclic) bond motifs is 1. The van der Waals surface area contributed by atoms with Crippen LogP contribution in [0.25, 0.3) is 10.9 Å². The topological polar surface area (TPSA) is 42.7 Å². The molecule has 0 aliphatic heterocycles. The maximum Gasteiger partial charge on any atom is 0.0705 e. The molecular weight excluding hydrogens is 260 g/mol. The summed E-state index contributed by atoms with van der Waals surface area (Å²) in [5, 5.41) is 9.06. The molecule has 0 aliphatic rings. The average Bonchev–Trinajstić information content (AvgIpc) is 2.91. The normalized spacial score (nSPS) is 12.7. The average molecular weight is 280 g/mol. The fourth-order valence-electron chi connectivity index (χ4n) is 2.77. The Kier molecular flexibility index (Phi) is 3.97. The highest BCUT2D eigenvalue weighted by Gasteiger charge is 2.15. The Morgan fingerprint density at radius 2 is 2.10 bits per heavy atom. The molecule has 2 aromatic heterocycles. The van der Waals surface area contributed by atoms with Gasteiger partial charge in [-0.3, -0.25) is 9.67 Å². The first-order valence-electron chi connectivity index (χ1n) is 7.32. The van der Waals surface area contributed by atoms with Gasteiger partial charge in [0.25, 0.3) is 0 Å². The van der Waals surface area contributed by atoms with Gasteiger partial charge in [0, 0.05) is 30.9 Å². The molecular formula is C17H20N4. The Morgan fingerprint density at radius 1 is 1.24 bits per heavy atom. The zero-order valence-electron chi connectivity index (χ0n) is 12.5. The van der Waals surface area contributed by atoms with E-state index in [0.717, 1.165) is 18.5 Å². The number of nitrogens with one attached hydrogen (secondary N) is 1. The molecule has 1 unspecified atom stereocenters. The lowest BCUT2D eigenvalue weighted by Crippen LogP contribution is -2.23. The van der Waals surface area contributed by atoms with E-state index in [-0.39, 0.29) is 6.04 Å². The number of nitrogens with zero attached hydrogens (tertiary/aromatic N) is 3. The van der Waals surface area contributed by atoms with E-state index in [4.69, 9.17) is 0 Å². The van der Waals surface area contributed by atoms with Crippen molar-refractivity contribution in [3.05, 3.63) is 60.0 Å². The molecule has 1 aromatic carbocycles. The van der Waals surface area contributed by atoms with Crippen LogP contribution in [0.3, 0.4) is 0 Å². The number of hydrogen-bond acceptors (Lipinski definition) is 3. The zero-order valence-corrected chi connectivity index (χ0v) is 12.5. The summed E-state index contributed by atoms with van der Waals surface area (Å²) < 4.78 is 1.85. The number of hydrogen-bond donors (Lipinski definition) is 1. The molecule has 0 amide bonds. The summed E-state index contributed by atoms with van der Waals surface area (Å²) in [6.07, 6.45) is 6.84. The van der Waals surface area contributed by atoms with Gasteiger partial charge < -0.3 is 5.32 Å². The van der Waals surface area contributed by atoms with Gasteiger partial charge in [0.2, 0.25) is 0 Å². The van der Waals surface area contributed by atoms with Gasteiger partial charge >= 0.3 is 0 Å². The van der Waals surface area contributed by atoms with Crippen molar-refractivity contribution in [3.63, 3.8) is 0 Å². The van der Waals surface area contributed by atoms with Crippen molar-refractivity contribution < 1.29 is 0 Å².